The number of hydrogen-bond donors (Lipinski definition) is 2. The molecule has 2 rings (SSSR count). The molecule has 0 aromatic heterocycles. The first kappa shape index (κ1) is 13.9. The number of benzene rings is 2. The summed E-state index contributed by atoms with van der Waals surface area (Å²) >= 11 is 9.36. The second kappa shape index (κ2) is 5.63. The second-order valence-corrected chi connectivity index (χ2v) is 5.44. The van der Waals surface area contributed by atoms with E-state index >= 15 is 0 Å². The van der Waals surface area contributed by atoms with Crippen molar-refractivity contribution in [2.45, 2.75) is 6.92 Å². The van der Waals surface area contributed by atoms with E-state index in [2.05, 4.69) is 21.2 Å². The van der Waals surface area contributed by atoms with E-state index in [4.69, 9.17) is 17.3 Å². The van der Waals surface area contributed by atoms with Gasteiger partial charge in [0.15, 0.2) is 0 Å². The number of amides is 1. The third kappa shape index (κ3) is 3.28. The summed E-state index contributed by atoms with van der Waals surface area (Å²) in [4.78, 5) is 12.1. The first-order chi connectivity index (χ1) is 8.97. The molecule has 0 saturated heterocycles. The van der Waals surface area contributed by atoms with Crippen LogP contribution in [0, 0.1) is 6.92 Å². The number of carbonyl (C=O) groups excluding carboxylic acids is 1. The van der Waals surface area contributed by atoms with Crippen molar-refractivity contribution < 1.29 is 4.79 Å². The number of hydrogen-bond acceptors (Lipinski definition) is 2. The molecule has 0 heterocycles. The van der Waals surface area contributed by atoms with E-state index in [0.29, 0.717) is 22.0 Å². The molecule has 0 atom stereocenters. The van der Waals surface area contributed by atoms with Crippen molar-refractivity contribution in [1.29, 1.82) is 0 Å². The number of aryl methyl sites for hydroxylation is 1. The fraction of sp³-hybridized carbons (Fsp3) is 0.0714. The quantitative estimate of drug-likeness (QED) is 0.804. The van der Waals surface area contributed by atoms with Gasteiger partial charge in [-0.3, -0.25) is 4.79 Å². The minimum absolute atomic E-state index is 0.258. The van der Waals surface area contributed by atoms with Crippen molar-refractivity contribution in [2.75, 3.05) is 11.1 Å². The maximum Gasteiger partial charge on any atom is 0.257 e. The molecule has 0 aliphatic carbocycles. The van der Waals surface area contributed by atoms with E-state index in [1.807, 2.05) is 13.0 Å². The molecular weight excluding hydrogens is 328 g/mol. The van der Waals surface area contributed by atoms with Gasteiger partial charge in [0.05, 0.1) is 10.6 Å². The zero-order valence-corrected chi connectivity index (χ0v) is 12.5. The summed E-state index contributed by atoms with van der Waals surface area (Å²) in [6.45, 7) is 1.92. The Hall–Kier alpha value is -1.52. The maximum atomic E-state index is 12.1. The lowest BCUT2D eigenvalue weighted by Gasteiger charge is -2.08. The fourth-order valence-electron chi connectivity index (χ4n) is 1.62. The summed E-state index contributed by atoms with van der Waals surface area (Å²) in [5.41, 5.74) is 8.40. The smallest absolute Gasteiger partial charge is 0.257 e. The van der Waals surface area contributed by atoms with Crippen LogP contribution in [0.25, 0.3) is 0 Å². The number of carbonyl (C=O) groups is 1. The van der Waals surface area contributed by atoms with Crippen LogP contribution in [-0.4, -0.2) is 5.91 Å². The van der Waals surface area contributed by atoms with E-state index in [1.54, 1.807) is 30.3 Å². The summed E-state index contributed by atoms with van der Waals surface area (Å²) in [6.07, 6.45) is 0. The Labute approximate surface area is 124 Å². The van der Waals surface area contributed by atoms with Crippen LogP contribution in [0.2, 0.25) is 5.02 Å². The highest BCUT2D eigenvalue weighted by Gasteiger charge is 2.11. The second-order valence-electron chi connectivity index (χ2n) is 4.17. The molecule has 0 radical (unpaired) electrons. The summed E-state index contributed by atoms with van der Waals surface area (Å²) < 4.78 is 0.791. The van der Waals surface area contributed by atoms with Gasteiger partial charge in [0.25, 0.3) is 5.91 Å². The Bertz CT molecular complexity index is 643. The lowest BCUT2D eigenvalue weighted by Crippen LogP contribution is -2.12. The molecule has 3 nitrogen and oxygen atoms in total. The van der Waals surface area contributed by atoms with Crippen molar-refractivity contribution in [1.82, 2.24) is 0 Å². The summed E-state index contributed by atoms with van der Waals surface area (Å²) in [6, 6.07) is 10.5. The molecule has 0 saturated carbocycles. The lowest BCUT2D eigenvalue weighted by atomic mass is 10.1. The Balaban J connectivity index is 2.23. The third-order valence-electron chi connectivity index (χ3n) is 2.62. The molecule has 98 valence electrons. The first-order valence-corrected chi connectivity index (χ1v) is 6.77. The number of halogens is 2. The van der Waals surface area contributed by atoms with Gasteiger partial charge in [-0.1, -0.05) is 17.7 Å². The molecule has 2 aromatic carbocycles. The zero-order chi connectivity index (χ0) is 14.0. The predicted octanol–water partition coefficient (Wildman–Crippen LogP) is 4.25. The highest BCUT2D eigenvalue weighted by Crippen LogP contribution is 2.24. The van der Waals surface area contributed by atoms with Gasteiger partial charge < -0.3 is 11.1 Å². The predicted molar refractivity (Wildman–Crippen MR) is 82.7 cm³/mol. The van der Waals surface area contributed by atoms with Gasteiger partial charge in [0.2, 0.25) is 0 Å². The highest BCUT2D eigenvalue weighted by molar-refractivity contribution is 9.10. The van der Waals surface area contributed by atoms with Crippen LogP contribution in [0.5, 0.6) is 0 Å². The highest BCUT2D eigenvalue weighted by atomic mass is 79.9. The van der Waals surface area contributed by atoms with Crippen LogP contribution in [-0.2, 0) is 0 Å². The van der Waals surface area contributed by atoms with Crippen LogP contribution in [0.4, 0.5) is 11.4 Å². The summed E-state index contributed by atoms with van der Waals surface area (Å²) in [5, 5.41) is 3.20. The van der Waals surface area contributed by atoms with Gasteiger partial charge in [-0.2, -0.15) is 0 Å². The summed E-state index contributed by atoms with van der Waals surface area (Å²) in [5.74, 6) is -0.258. The molecule has 1 amide bonds. The maximum absolute atomic E-state index is 12.1. The molecule has 0 fully saturated rings. The van der Waals surface area contributed by atoms with Crippen LogP contribution >= 0.6 is 27.5 Å². The number of rotatable bonds is 2. The van der Waals surface area contributed by atoms with Gasteiger partial charge in [-0.15, -0.1) is 0 Å². The van der Waals surface area contributed by atoms with Crippen molar-refractivity contribution >= 4 is 44.8 Å². The monoisotopic (exact) mass is 338 g/mol. The average molecular weight is 340 g/mol. The van der Waals surface area contributed by atoms with E-state index in [9.17, 15) is 4.79 Å². The minimum atomic E-state index is -0.258. The van der Waals surface area contributed by atoms with E-state index in [1.165, 1.54) is 0 Å². The van der Waals surface area contributed by atoms with E-state index in [-0.39, 0.29) is 5.91 Å². The molecule has 0 aliphatic rings. The van der Waals surface area contributed by atoms with E-state index in [0.717, 1.165) is 10.0 Å². The Morgan fingerprint density at radius 1 is 1.26 bits per heavy atom. The van der Waals surface area contributed by atoms with E-state index < -0.39 is 0 Å². The zero-order valence-electron chi connectivity index (χ0n) is 10.2. The number of nitrogen functional groups attached to an aromatic ring is 1. The first-order valence-electron chi connectivity index (χ1n) is 5.60. The van der Waals surface area contributed by atoms with Crippen molar-refractivity contribution in [2.24, 2.45) is 0 Å². The van der Waals surface area contributed by atoms with Crippen LogP contribution in [0.15, 0.2) is 40.9 Å². The fourth-order valence-corrected chi connectivity index (χ4v) is 2.19. The van der Waals surface area contributed by atoms with Crippen LogP contribution in [0.1, 0.15) is 15.9 Å². The lowest BCUT2D eigenvalue weighted by molar-refractivity contribution is 0.102. The summed E-state index contributed by atoms with van der Waals surface area (Å²) in [7, 11) is 0. The van der Waals surface area contributed by atoms with Gasteiger partial charge in [0, 0.05) is 15.8 Å². The van der Waals surface area contributed by atoms with Gasteiger partial charge in [-0.25, -0.2) is 0 Å². The molecule has 3 N–H and O–H groups in total. The minimum Gasteiger partial charge on any atom is -0.398 e. The number of nitrogens with one attached hydrogen (secondary N) is 1. The third-order valence-corrected chi connectivity index (χ3v) is 3.66. The molecule has 0 unspecified atom stereocenters. The van der Waals surface area contributed by atoms with Gasteiger partial charge in [0.1, 0.15) is 0 Å². The molecule has 0 aliphatic heterocycles. The normalized spacial score (nSPS) is 10.3. The topological polar surface area (TPSA) is 55.1 Å². The molecule has 0 spiro atoms. The molecule has 0 bridgehead atoms. The Morgan fingerprint density at radius 3 is 2.63 bits per heavy atom. The van der Waals surface area contributed by atoms with Crippen LogP contribution < -0.4 is 11.1 Å². The van der Waals surface area contributed by atoms with Crippen molar-refractivity contribution in [3.05, 3.63) is 57.0 Å². The van der Waals surface area contributed by atoms with Gasteiger partial charge >= 0.3 is 0 Å². The average Bonchev–Trinajstić information content (AvgIpc) is 2.33. The van der Waals surface area contributed by atoms with Crippen molar-refractivity contribution in [3.63, 3.8) is 0 Å². The molecule has 19 heavy (non-hydrogen) atoms. The standard InChI is InChI=1S/C14H12BrClN2O/c1-8-2-4-10(12(16)6-8)14(19)18-9-3-5-11(15)13(17)7-9/h2-7H,17H2,1H3,(H,18,19). The SMILES string of the molecule is Cc1ccc(C(=O)Nc2ccc(Br)c(N)c2)c(Cl)c1. The van der Waals surface area contributed by atoms with Crippen LogP contribution in [0.3, 0.4) is 0 Å². The number of anilines is 2. The molecular formula is C14H12BrClN2O. The van der Waals surface area contributed by atoms with Gasteiger partial charge in [-0.05, 0) is 58.7 Å². The molecule has 2 aromatic rings. The Morgan fingerprint density at radius 2 is 2.00 bits per heavy atom. The Kier molecular flexibility index (Phi) is 4.12. The van der Waals surface area contributed by atoms with Crippen molar-refractivity contribution in [3.8, 4) is 0 Å². The largest absolute Gasteiger partial charge is 0.398 e. The number of nitrogens with two attached hydrogens (primary N) is 1. The molecule has 5 heteroatoms.